The van der Waals surface area contributed by atoms with Gasteiger partial charge in [0.05, 0.1) is 5.69 Å². The molecule has 1 saturated heterocycles. The second kappa shape index (κ2) is 5.28. The smallest absolute Gasteiger partial charge is 0.243 e. The molecule has 0 aliphatic carbocycles. The SMILES string of the molecule is CNC(=O)C1CNCCN1c1c(C#N)c(C)nn1C. The molecule has 1 aromatic heterocycles. The summed E-state index contributed by atoms with van der Waals surface area (Å²) < 4.78 is 1.68. The number of carbonyl (C=O) groups is 1. The summed E-state index contributed by atoms with van der Waals surface area (Å²) in [6.45, 7) is 3.82. The molecule has 7 nitrogen and oxygen atoms in total. The monoisotopic (exact) mass is 262 g/mol. The quantitative estimate of drug-likeness (QED) is 0.723. The lowest BCUT2D eigenvalue weighted by molar-refractivity contribution is -0.122. The van der Waals surface area contributed by atoms with E-state index in [1.54, 1.807) is 25.7 Å². The van der Waals surface area contributed by atoms with Crippen molar-refractivity contribution in [2.24, 2.45) is 7.05 Å². The Balaban J connectivity index is 2.43. The van der Waals surface area contributed by atoms with Crippen LogP contribution < -0.4 is 15.5 Å². The molecule has 0 spiro atoms. The Labute approximate surface area is 112 Å². The summed E-state index contributed by atoms with van der Waals surface area (Å²) in [6.07, 6.45) is 0. The highest BCUT2D eigenvalue weighted by atomic mass is 16.2. The molecule has 1 aromatic rings. The van der Waals surface area contributed by atoms with Crippen molar-refractivity contribution < 1.29 is 4.79 Å². The van der Waals surface area contributed by atoms with Gasteiger partial charge in [-0.1, -0.05) is 0 Å². The van der Waals surface area contributed by atoms with Gasteiger partial charge in [0.1, 0.15) is 23.5 Å². The first-order chi connectivity index (χ1) is 9.10. The average Bonchev–Trinajstić information content (AvgIpc) is 2.71. The van der Waals surface area contributed by atoms with Crippen LogP contribution in [0.25, 0.3) is 0 Å². The maximum absolute atomic E-state index is 12.0. The van der Waals surface area contributed by atoms with Crippen LogP contribution in [0.15, 0.2) is 0 Å². The van der Waals surface area contributed by atoms with Gasteiger partial charge in [-0.2, -0.15) is 10.4 Å². The molecule has 1 unspecified atom stereocenters. The fraction of sp³-hybridized carbons (Fsp3) is 0.583. The van der Waals surface area contributed by atoms with Crippen molar-refractivity contribution in [2.45, 2.75) is 13.0 Å². The van der Waals surface area contributed by atoms with Gasteiger partial charge in [-0.15, -0.1) is 0 Å². The van der Waals surface area contributed by atoms with Gasteiger partial charge >= 0.3 is 0 Å². The van der Waals surface area contributed by atoms with E-state index in [0.717, 1.165) is 12.4 Å². The molecule has 1 aliphatic rings. The molecule has 1 aliphatic heterocycles. The number of amides is 1. The number of piperazine rings is 1. The molecular formula is C12H18N6O. The van der Waals surface area contributed by atoms with Crippen LogP contribution in [-0.4, -0.2) is 48.4 Å². The van der Waals surface area contributed by atoms with Crippen LogP contribution in [0.5, 0.6) is 0 Å². The van der Waals surface area contributed by atoms with E-state index < -0.39 is 0 Å². The summed E-state index contributed by atoms with van der Waals surface area (Å²) in [6, 6.07) is 1.86. The maximum Gasteiger partial charge on any atom is 0.243 e. The zero-order valence-electron chi connectivity index (χ0n) is 11.4. The molecule has 0 radical (unpaired) electrons. The Hall–Kier alpha value is -2.07. The average molecular weight is 262 g/mol. The molecule has 1 amide bonds. The normalized spacial score (nSPS) is 19.1. The van der Waals surface area contributed by atoms with E-state index in [-0.39, 0.29) is 11.9 Å². The third-order valence-corrected chi connectivity index (χ3v) is 3.37. The summed E-state index contributed by atoms with van der Waals surface area (Å²) in [5, 5.41) is 19.4. The molecule has 0 saturated carbocycles. The Morgan fingerprint density at radius 3 is 3.00 bits per heavy atom. The Kier molecular flexibility index (Phi) is 3.71. The highest BCUT2D eigenvalue weighted by Crippen LogP contribution is 2.25. The molecule has 2 rings (SSSR count). The third-order valence-electron chi connectivity index (χ3n) is 3.37. The number of nitrogens with zero attached hydrogens (tertiary/aromatic N) is 4. The van der Waals surface area contributed by atoms with Gasteiger partial charge in [0.2, 0.25) is 5.91 Å². The first-order valence-corrected chi connectivity index (χ1v) is 6.22. The van der Waals surface area contributed by atoms with Crippen LogP contribution in [0.4, 0.5) is 5.82 Å². The number of hydrogen-bond acceptors (Lipinski definition) is 5. The van der Waals surface area contributed by atoms with Crippen molar-refractivity contribution in [3.05, 3.63) is 11.3 Å². The number of nitrogens with one attached hydrogen (secondary N) is 2. The molecular weight excluding hydrogens is 244 g/mol. The lowest BCUT2D eigenvalue weighted by Crippen LogP contribution is -2.58. The predicted molar refractivity (Wildman–Crippen MR) is 70.7 cm³/mol. The van der Waals surface area contributed by atoms with Gasteiger partial charge in [-0.25, -0.2) is 0 Å². The maximum atomic E-state index is 12.0. The minimum atomic E-state index is -0.319. The molecule has 0 bridgehead atoms. The third kappa shape index (κ3) is 2.27. The van der Waals surface area contributed by atoms with E-state index in [1.807, 2.05) is 4.90 Å². The largest absolute Gasteiger partial charge is 0.357 e. The van der Waals surface area contributed by atoms with Crippen molar-refractivity contribution in [3.63, 3.8) is 0 Å². The molecule has 2 N–H and O–H groups in total. The summed E-state index contributed by atoms with van der Waals surface area (Å²) in [4.78, 5) is 13.9. The van der Waals surface area contributed by atoms with E-state index in [2.05, 4.69) is 21.8 Å². The topological polar surface area (TPSA) is 86.0 Å². The van der Waals surface area contributed by atoms with Crippen molar-refractivity contribution in [1.29, 1.82) is 5.26 Å². The Morgan fingerprint density at radius 2 is 2.37 bits per heavy atom. The zero-order chi connectivity index (χ0) is 14.0. The second-order valence-corrected chi connectivity index (χ2v) is 4.55. The number of hydrogen-bond donors (Lipinski definition) is 2. The highest BCUT2D eigenvalue weighted by Gasteiger charge is 2.32. The van der Waals surface area contributed by atoms with Crippen LogP contribution in [-0.2, 0) is 11.8 Å². The molecule has 19 heavy (non-hydrogen) atoms. The minimum absolute atomic E-state index is 0.0602. The molecule has 1 atom stereocenters. The van der Waals surface area contributed by atoms with E-state index in [9.17, 15) is 10.1 Å². The molecule has 102 valence electrons. The molecule has 7 heteroatoms. The number of aromatic nitrogens is 2. The summed E-state index contributed by atoms with van der Waals surface area (Å²) >= 11 is 0. The number of likely N-dealkylation sites (N-methyl/N-ethyl adjacent to an activating group) is 1. The Morgan fingerprint density at radius 1 is 1.63 bits per heavy atom. The fourth-order valence-corrected chi connectivity index (χ4v) is 2.47. The standard InChI is InChI=1S/C12H18N6O/c1-8-9(6-13)12(17(3)16-8)18-5-4-15-7-10(18)11(19)14-2/h10,15H,4-5,7H2,1-3H3,(H,14,19). The van der Waals surface area contributed by atoms with Crippen LogP contribution in [0.2, 0.25) is 0 Å². The van der Waals surface area contributed by atoms with Crippen molar-refractivity contribution in [3.8, 4) is 6.07 Å². The summed E-state index contributed by atoms with van der Waals surface area (Å²) in [5.74, 6) is 0.657. The van der Waals surface area contributed by atoms with Gasteiger partial charge in [0.25, 0.3) is 0 Å². The number of aryl methyl sites for hydroxylation is 2. The minimum Gasteiger partial charge on any atom is -0.357 e. The number of rotatable bonds is 2. The van der Waals surface area contributed by atoms with Crippen molar-refractivity contribution >= 4 is 11.7 Å². The lowest BCUT2D eigenvalue weighted by Gasteiger charge is -2.36. The van der Waals surface area contributed by atoms with Crippen LogP contribution >= 0.6 is 0 Å². The lowest BCUT2D eigenvalue weighted by atomic mass is 10.1. The first-order valence-electron chi connectivity index (χ1n) is 6.22. The fourth-order valence-electron chi connectivity index (χ4n) is 2.47. The first kappa shape index (κ1) is 13.4. The second-order valence-electron chi connectivity index (χ2n) is 4.55. The zero-order valence-corrected chi connectivity index (χ0v) is 11.4. The van der Waals surface area contributed by atoms with Crippen LogP contribution in [0, 0.1) is 18.3 Å². The molecule has 1 fully saturated rings. The van der Waals surface area contributed by atoms with Crippen LogP contribution in [0.1, 0.15) is 11.3 Å². The van der Waals surface area contributed by atoms with E-state index >= 15 is 0 Å². The van der Waals surface area contributed by atoms with E-state index in [1.165, 1.54) is 0 Å². The van der Waals surface area contributed by atoms with Gasteiger partial charge in [0, 0.05) is 33.7 Å². The van der Waals surface area contributed by atoms with E-state index in [0.29, 0.717) is 24.3 Å². The van der Waals surface area contributed by atoms with Gasteiger partial charge in [0.15, 0.2) is 0 Å². The van der Waals surface area contributed by atoms with E-state index in [4.69, 9.17) is 0 Å². The Bertz CT molecular complexity index is 529. The molecule has 0 aromatic carbocycles. The summed E-state index contributed by atoms with van der Waals surface area (Å²) in [7, 11) is 3.42. The number of carbonyl (C=O) groups excluding carboxylic acids is 1. The predicted octanol–water partition coefficient (Wildman–Crippen LogP) is -0.876. The van der Waals surface area contributed by atoms with Gasteiger partial charge < -0.3 is 15.5 Å². The highest BCUT2D eigenvalue weighted by molar-refractivity contribution is 5.85. The van der Waals surface area contributed by atoms with Crippen LogP contribution in [0.3, 0.4) is 0 Å². The van der Waals surface area contributed by atoms with Gasteiger partial charge in [-0.05, 0) is 6.92 Å². The van der Waals surface area contributed by atoms with Gasteiger partial charge in [-0.3, -0.25) is 9.48 Å². The van der Waals surface area contributed by atoms with Crippen molar-refractivity contribution in [1.82, 2.24) is 20.4 Å². The van der Waals surface area contributed by atoms with Crippen molar-refractivity contribution in [2.75, 3.05) is 31.6 Å². The molecule has 2 heterocycles. The number of nitriles is 1. The summed E-state index contributed by atoms with van der Waals surface area (Å²) in [5.41, 5.74) is 1.23. The number of anilines is 1.